The van der Waals surface area contributed by atoms with Gasteiger partial charge in [0.2, 0.25) is 0 Å². The summed E-state index contributed by atoms with van der Waals surface area (Å²) in [5, 5.41) is 12.3. The minimum absolute atomic E-state index is 0.141. The van der Waals surface area contributed by atoms with E-state index >= 15 is 0 Å². The van der Waals surface area contributed by atoms with Crippen LogP contribution in [0.2, 0.25) is 0 Å². The second-order valence-corrected chi connectivity index (χ2v) is 3.74. The molecule has 1 aliphatic heterocycles. The van der Waals surface area contributed by atoms with Gasteiger partial charge in [-0.05, 0) is 18.8 Å². The fraction of sp³-hybridized carbons (Fsp3) is 0.900. The third-order valence-corrected chi connectivity index (χ3v) is 2.79. The Morgan fingerprint density at radius 3 is 2.56 bits per heavy atom. The number of alkyl carbamates (subject to hydrolysis) is 1. The lowest BCUT2D eigenvalue weighted by Crippen LogP contribution is -2.50. The van der Waals surface area contributed by atoms with Gasteiger partial charge >= 0.3 is 6.09 Å². The topological polar surface area (TPSA) is 77.0 Å². The number of nitrogens with one attached hydrogen (secondary N) is 1. The second-order valence-electron chi connectivity index (χ2n) is 3.74. The predicted molar refractivity (Wildman–Crippen MR) is 55.9 cm³/mol. The summed E-state index contributed by atoms with van der Waals surface area (Å²) < 4.78 is 14.6. The molecule has 1 saturated heterocycles. The molecule has 0 radical (unpaired) electrons. The molecule has 1 heterocycles. The molecule has 0 bridgehead atoms. The van der Waals surface area contributed by atoms with Gasteiger partial charge in [0.05, 0.1) is 13.2 Å². The predicted octanol–water partition coefficient (Wildman–Crippen LogP) is 0.102. The van der Waals surface area contributed by atoms with E-state index in [4.69, 9.17) is 9.47 Å². The molecule has 0 aromatic rings. The van der Waals surface area contributed by atoms with Crippen molar-refractivity contribution in [2.75, 3.05) is 27.4 Å². The highest BCUT2D eigenvalue weighted by Crippen LogP contribution is 2.21. The molecular formula is C10H19NO5. The van der Waals surface area contributed by atoms with Crippen LogP contribution in [0, 0.1) is 5.92 Å². The highest BCUT2D eigenvalue weighted by molar-refractivity contribution is 5.67. The van der Waals surface area contributed by atoms with Crippen LogP contribution in [0.15, 0.2) is 0 Å². The number of hydrogen-bond acceptors (Lipinski definition) is 5. The van der Waals surface area contributed by atoms with Gasteiger partial charge in [-0.25, -0.2) is 4.79 Å². The van der Waals surface area contributed by atoms with E-state index < -0.39 is 18.4 Å². The Morgan fingerprint density at radius 1 is 1.44 bits per heavy atom. The summed E-state index contributed by atoms with van der Waals surface area (Å²) in [6, 6.07) is -0.457. The lowest BCUT2D eigenvalue weighted by atomic mass is 9.91. The average molecular weight is 233 g/mol. The average Bonchev–Trinajstić information content (AvgIpc) is 2.35. The molecule has 94 valence electrons. The number of rotatable bonds is 4. The summed E-state index contributed by atoms with van der Waals surface area (Å²) in [6.45, 7) is 1.28. The molecule has 0 aromatic carbocycles. The summed E-state index contributed by atoms with van der Waals surface area (Å²) in [6.07, 6.45) is -0.0146. The number of carbonyl (C=O) groups excluding carboxylic acids is 1. The van der Waals surface area contributed by atoms with Gasteiger partial charge in [0, 0.05) is 20.3 Å². The molecule has 6 nitrogen and oxygen atoms in total. The van der Waals surface area contributed by atoms with Crippen LogP contribution in [0.25, 0.3) is 0 Å². The Balaban J connectivity index is 2.57. The third kappa shape index (κ3) is 3.62. The first kappa shape index (κ1) is 13.2. The van der Waals surface area contributed by atoms with Crippen LogP contribution < -0.4 is 5.32 Å². The van der Waals surface area contributed by atoms with E-state index in [9.17, 15) is 9.90 Å². The van der Waals surface area contributed by atoms with Crippen LogP contribution in [0.4, 0.5) is 4.79 Å². The Morgan fingerprint density at radius 2 is 2.06 bits per heavy atom. The minimum Gasteiger partial charge on any atom is -0.453 e. The molecule has 2 atom stereocenters. The minimum atomic E-state index is -1.03. The van der Waals surface area contributed by atoms with Crippen molar-refractivity contribution in [2.24, 2.45) is 5.92 Å². The van der Waals surface area contributed by atoms with E-state index in [1.807, 2.05) is 0 Å². The standard InChI is InChI=1S/C10H19NO5/c1-14-9(12)8(11-10(13)15-2)7-3-5-16-6-4-7/h7-9,12H,3-6H2,1-2H3,(H,11,13)/t8?,9-/m0/s1. The van der Waals surface area contributed by atoms with Crippen molar-refractivity contribution in [3.05, 3.63) is 0 Å². The zero-order valence-electron chi connectivity index (χ0n) is 9.64. The lowest BCUT2D eigenvalue weighted by molar-refractivity contribution is -0.115. The van der Waals surface area contributed by atoms with E-state index in [-0.39, 0.29) is 5.92 Å². The quantitative estimate of drug-likeness (QED) is 0.673. The molecular weight excluding hydrogens is 214 g/mol. The molecule has 0 saturated carbocycles. The highest BCUT2D eigenvalue weighted by atomic mass is 16.6. The van der Waals surface area contributed by atoms with Crippen LogP contribution in [-0.4, -0.2) is 51.0 Å². The summed E-state index contributed by atoms with van der Waals surface area (Å²) in [5.41, 5.74) is 0. The van der Waals surface area contributed by atoms with E-state index in [0.29, 0.717) is 13.2 Å². The Bertz CT molecular complexity index is 217. The number of methoxy groups -OCH3 is 2. The number of carbonyl (C=O) groups is 1. The Hall–Kier alpha value is -0.850. The molecule has 16 heavy (non-hydrogen) atoms. The maximum Gasteiger partial charge on any atom is 0.407 e. The van der Waals surface area contributed by atoms with Crippen LogP contribution in [0.1, 0.15) is 12.8 Å². The number of aliphatic hydroxyl groups excluding tert-OH is 1. The fourth-order valence-corrected chi connectivity index (χ4v) is 1.84. The molecule has 0 aliphatic carbocycles. The van der Waals surface area contributed by atoms with Crippen molar-refractivity contribution in [2.45, 2.75) is 25.2 Å². The first-order valence-electron chi connectivity index (χ1n) is 5.32. The molecule has 6 heteroatoms. The van der Waals surface area contributed by atoms with Gasteiger partial charge < -0.3 is 24.6 Å². The highest BCUT2D eigenvalue weighted by Gasteiger charge is 2.31. The maximum absolute atomic E-state index is 11.2. The normalized spacial score (nSPS) is 21.2. The van der Waals surface area contributed by atoms with Crippen LogP contribution >= 0.6 is 0 Å². The first-order chi connectivity index (χ1) is 7.69. The Labute approximate surface area is 94.9 Å². The summed E-state index contributed by atoms with van der Waals surface area (Å²) in [5.74, 6) is 0.141. The van der Waals surface area contributed by atoms with Crippen molar-refractivity contribution < 1.29 is 24.1 Å². The van der Waals surface area contributed by atoms with Gasteiger partial charge in [0.1, 0.15) is 0 Å². The van der Waals surface area contributed by atoms with Crippen LogP contribution in [0.5, 0.6) is 0 Å². The molecule has 1 amide bonds. The summed E-state index contributed by atoms with van der Waals surface area (Å²) in [4.78, 5) is 11.2. The summed E-state index contributed by atoms with van der Waals surface area (Å²) in [7, 11) is 2.69. The molecule has 1 aliphatic rings. The SMILES string of the molecule is COC(=O)NC(C1CCOCC1)[C@@H](O)OC. The molecule has 2 N–H and O–H groups in total. The third-order valence-electron chi connectivity index (χ3n) is 2.79. The monoisotopic (exact) mass is 233 g/mol. The van der Waals surface area contributed by atoms with Crippen molar-refractivity contribution >= 4 is 6.09 Å². The Kier molecular flexibility index (Phi) is 5.51. The van der Waals surface area contributed by atoms with Gasteiger partial charge in [-0.15, -0.1) is 0 Å². The maximum atomic E-state index is 11.2. The van der Waals surface area contributed by atoms with Crippen molar-refractivity contribution in [3.63, 3.8) is 0 Å². The number of amides is 1. The molecule has 1 unspecified atom stereocenters. The number of aliphatic hydroxyl groups is 1. The fourth-order valence-electron chi connectivity index (χ4n) is 1.84. The smallest absolute Gasteiger partial charge is 0.407 e. The van der Waals surface area contributed by atoms with Gasteiger partial charge in [0.15, 0.2) is 6.29 Å². The first-order valence-corrected chi connectivity index (χ1v) is 5.32. The molecule has 1 rings (SSSR count). The number of hydrogen-bond donors (Lipinski definition) is 2. The zero-order valence-corrected chi connectivity index (χ0v) is 9.64. The van der Waals surface area contributed by atoms with Crippen molar-refractivity contribution in [1.82, 2.24) is 5.32 Å². The van der Waals surface area contributed by atoms with Crippen molar-refractivity contribution in [3.8, 4) is 0 Å². The van der Waals surface area contributed by atoms with E-state index in [0.717, 1.165) is 12.8 Å². The molecule has 0 aromatic heterocycles. The van der Waals surface area contributed by atoms with Gasteiger partial charge in [-0.2, -0.15) is 0 Å². The summed E-state index contributed by atoms with van der Waals surface area (Å²) >= 11 is 0. The van der Waals surface area contributed by atoms with E-state index in [1.165, 1.54) is 14.2 Å². The van der Waals surface area contributed by atoms with E-state index in [2.05, 4.69) is 10.1 Å². The van der Waals surface area contributed by atoms with Crippen LogP contribution in [-0.2, 0) is 14.2 Å². The zero-order chi connectivity index (χ0) is 12.0. The lowest BCUT2D eigenvalue weighted by Gasteiger charge is -2.32. The number of ether oxygens (including phenoxy) is 3. The van der Waals surface area contributed by atoms with E-state index in [1.54, 1.807) is 0 Å². The van der Waals surface area contributed by atoms with Gasteiger partial charge in [-0.1, -0.05) is 0 Å². The molecule has 0 spiro atoms. The largest absolute Gasteiger partial charge is 0.453 e. The van der Waals surface area contributed by atoms with Gasteiger partial charge in [0.25, 0.3) is 0 Å². The molecule has 1 fully saturated rings. The van der Waals surface area contributed by atoms with Crippen molar-refractivity contribution in [1.29, 1.82) is 0 Å². The van der Waals surface area contributed by atoms with Crippen LogP contribution in [0.3, 0.4) is 0 Å². The van der Waals surface area contributed by atoms with Gasteiger partial charge in [-0.3, -0.25) is 0 Å². The second kappa shape index (κ2) is 6.67.